The topological polar surface area (TPSA) is 59.4 Å². The maximum absolute atomic E-state index is 12.5. The Morgan fingerprint density at radius 2 is 1.89 bits per heavy atom. The molecule has 0 fully saturated rings. The van der Waals surface area contributed by atoms with Crippen LogP contribution in [-0.4, -0.2) is 34.9 Å². The molecule has 0 atom stereocenters. The minimum Gasteiger partial charge on any atom is -0.497 e. The van der Waals surface area contributed by atoms with Gasteiger partial charge in [0.15, 0.2) is 0 Å². The molecule has 0 unspecified atom stereocenters. The number of hydrogen-bond donors (Lipinski definition) is 1. The maximum Gasteiger partial charge on any atom is 0.317 e. The summed E-state index contributed by atoms with van der Waals surface area (Å²) in [6.45, 7) is 4.95. The van der Waals surface area contributed by atoms with Gasteiger partial charge in [-0.25, -0.2) is 9.48 Å². The first-order chi connectivity index (χ1) is 13.5. The van der Waals surface area contributed by atoms with Gasteiger partial charge in [-0.1, -0.05) is 30.3 Å². The number of urea groups is 1. The molecule has 1 N–H and O–H groups in total. The zero-order chi connectivity index (χ0) is 20.1. The third-order valence-corrected chi connectivity index (χ3v) is 4.76. The van der Waals surface area contributed by atoms with Crippen LogP contribution in [0.1, 0.15) is 22.5 Å². The van der Waals surface area contributed by atoms with E-state index in [1.165, 1.54) is 0 Å². The monoisotopic (exact) mass is 378 g/mol. The summed E-state index contributed by atoms with van der Waals surface area (Å²) >= 11 is 0. The lowest BCUT2D eigenvalue weighted by atomic mass is 10.2. The van der Waals surface area contributed by atoms with Crippen LogP contribution in [0.3, 0.4) is 0 Å². The normalized spacial score (nSPS) is 10.6. The number of para-hydroxylation sites is 1. The number of rotatable bonds is 6. The smallest absolute Gasteiger partial charge is 0.317 e. The molecule has 0 bridgehead atoms. The van der Waals surface area contributed by atoms with Gasteiger partial charge in [-0.15, -0.1) is 0 Å². The van der Waals surface area contributed by atoms with Crippen molar-refractivity contribution in [3.63, 3.8) is 0 Å². The van der Waals surface area contributed by atoms with E-state index in [0.29, 0.717) is 13.1 Å². The summed E-state index contributed by atoms with van der Waals surface area (Å²) in [4.78, 5) is 14.2. The quantitative estimate of drug-likeness (QED) is 0.709. The molecule has 3 rings (SSSR count). The number of ether oxygens (including phenoxy) is 1. The van der Waals surface area contributed by atoms with Gasteiger partial charge in [0, 0.05) is 24.8 Å². The third-order valence-electron chi connectivity index (χ3n) is 4.76. The van der Waals surface area contributed by atoms with Crippen molar-refractivity contribution < 1.29 is 9.53 Å². The highest BCUT2D eigenvalue weighted by Gasteiger charge is 2.17. The van der Waals surface area contributed by atoms with Crippen LogP contribution in [0.5, 0.6) is 5.75 Å². The van der Waals surface area contributed by atoms with Crippen LogP contribution < -0.4 is 10.1 Å². The summed E-state index contributed by atoms with van der Waals surface area (Å²) < 4.78 is 7.14. The third kappa shape index (κ3) is 4.34. The second kappa shape index (κ2) is 8.61. The van der Waals surface area contributed by atoms with E-state index in [1.807, 2.05) is 73.1 Å². The minimum atomic E-state index is -0.130. The van der Waals surface area contributed by atoms with Gasteiger partial charge in [0.05, 0.1) is 25.0 Å². The summed E-state index contributed by atoms with van der Waals surface area (Å²) in [5.41, 5.74) is 5.03. The first-order valence-corrected chi connectivity index (χ1v) is 9.22. The number of nitrogens with one attached hydrogen (secondary N) is 1. The predicted molar refractivity (Wildman–Crippen MR) is 110 cm³/mol. The van der Waals surface area contributed by atoms with Crippen LogP contribution in [0.4, 0.5) is 4.79 Å². The van der Waals surface area contributed by atoms with Gasteiger partial charge < -0.3 is 15.0 Å². The number of amides is 2. The highest BCUT2D eigenvalue weighted by molar-refractivity contribution is 5.74. The van der Waals surface area contributed by atoms with Crippen LogP contribution in [0, 0.1) is 13.8 Å². The standard InChI is InChI=1S/C22H26N4O2/c1-16-21(17(2)26(24-16)19-10-6-5-7-11-19)15-25(3)22(27)23-14-18-9-8-12-20(13-18)28-4/h5-13H,14-15H2,1-4H3,(H,23,27). The number of benzene rings is 2. The molecule has 0 spiro atoms. The average Bonchev–Trinajstić information content (AvgIpc) is 3.01. The highest BCUT2D eigenvalue weighted by atomic mass is 16.5. The fraction of sp³-hybridized carbons (Fsp3) is 0.273. The van der Waals surface area contributed by atoms with E-state index in [-0.39, 0.29) is 6.03 Å². The van der Waals surface area contributed by atoms with Gasteiger partial charge in [-0.05, 0) is 43.7 Å². The first-order valence-electron chi connectivity index (χ1n) is 9.22. The number of methoxy groups -OCH3 is 1. The van der Waals surface area contributed by atoms with Crippen molar-refractivity contribution in [2.45, 2.75) is 26.9 Å². The molecule has 2 aromatic carbocycles. The maximum atomic E-state index is 12.5. The van der Waals surface area contributed by atoms with Crippen LogP contribution in [0.25, 0.3) is 5.69 Å². The minimum absolute atomic E-state index is 0.130. The molecule has 0 radical (unpaired) electrons. The zero-order valence-corrected chi connectivity index (χ0v) is 16.8. The van der Waals surface area contributed by atoms with Crippen LogP contribution in [0.2, 0.25) is 0 Å². The van der Waals surface area contributed by atoms with Crippen molar-refractivity contribution in [1.82, 2.24) is 20.0 Å². The Morgan fingerprint density at radius 1 is 1.14 bits per heavy atom. The van der Waals surface area contributed by atoms with Gasteiger partial charge in [0.25, 0.3) is 0 Å². The summed E-state index contributed by atoms with van der Waals surface area (Å²) in [5, 5.41) is 7.60. The SMILES string of the molecule is COc1cccc(CNC(=O)N(C)Cc2c(C)nn(-c3ccccc3)c2C)c1. The summed E-state index contributed by atoms with van der Waals surface area (Å²) in [6.07, 6.45) is 0. The molecule has 1 aromatic heterocycles. The molecule has 6 nitrogen and oxygen atoms in total. The Morgan fingerprint density at radius 3 is 2.61 bits per heavy atom. The van der Waals surface area contributed by atoms with Gasteiger partial charge in [-0.3, -0.25) is 0 Å². The Labute approximate surface area is 165 Å². The van der Waals surface area contributed by atoms with Gasteiger partial charge >= 0.3 is 6.03 Å². The second-order valence-corrected chi connectivity index (χ2v) is 6.76. The molecule has 0 aliphatic heterocycles. The summed E-state index contributed by atoms with van der Waals surface area (Å²) in [7, 11) is 3.42. The first kappa shape index (κ1) is 19.5. The van der Waals surface area contributed by atoms with E-state index in [0.717, 1.165) is 34.0 Å². The number of carbonyl (C=O) groups is 1. The van der Waals surface area contributed by atoms with E-state index in [1.54, 1.807) is 19.1 Å². The molecule has 0 saturated heterocycles. The molecule has 28 heavy (non-hydrogen) atoms. The second-order valence-electron chi connectivity index (χ2n) is 6.76. The van der Waals surface area contributed by atoms with Gasteiger partial charge in [0.2, 0.25) is 0 Å². The van der Waals surface area contributed by atoms with Crippen molar-refractivity contribution in [1.29, 1.82) is 0 Å². The van der Waals surface area contributed by atoms with E-state index < -0.39 is 0 Å². The Kier molecular flexibility index (Phi) is 5.99. The molecule has 1 heterocycles. The number of carbonyl (C=O) groups excluding carboxylic acids is 1. The summed E-state index contributed by atoms with van der Waals surface area (Å²) in [6, 6.07) is 17.5. The van der Waals surface area contributed by atoms with E-state index in [2.05, 4.69) is 10.4 Å². The van der Waals surface area contributed by atoms with E-state index in [4.69, 9.17) is 4.74 Å². The van der Waals surface area contributed by atoms with Crippen LogP contribution in [0.15, 0.2) is 54.6 Å². The zero-order valence-electron chi connectivity index (χ0n) is 16.8. The number of aryl methyl sites for hydroxylation is 1. The summed E-state index contributed by atoms with van der Waals surface area (Å²) in [5.74, 6) is 0.777. The lowest BCUT2D eigenvalue weighted by molar-refractivity contribution is 0.206. The van der Waals surface area contributed by atoms with Crippen LogP contribution in [-0.2, 0) is 13.1 Å². The Hall–Kier alpha value is -3.28. The van der Waals surface area contributed by atoms with Crippen molar-refractivity contribution in [3.05, 3.63) is 77.1 Å². The molecule has 0 aliphatic rings. The lowest BCUT2D eigenvalue weighted by Gasteiger charge is -2.18. The Balaban J connectivity index is 1.66. The average molecular weight is 378 g/mol. The molecule has 0 saturated carbocycles. The van der Waals surface area contributed by atoms with E-state index >= 15 is 0 Å². The molecule has 3 aromatic rings. The number of aromatic nitrogens is 2. The largest absolute Gasteiger partial charge is 0.497 e. The predicted octanol–water partition coefficient (Wildman–Crippen LogP) is 3.84. The molecular formula is C22H26N4O2. The van der Waals surface area contributed by atoms with Gasteiger partial charge in [0.1, 0.15) is 5.75 Å². The number of hydrogen-bond acceptors (Lipinski definition) is 3. The van der Waals surface area contributed by atoms with Crippen molar-refractivity contribution in [3.8, 4) is 11.4 Å². The molecular weight excluding hydrogens is 352 g/mol. The number of nitrogens with zero attached hydrogens (tertiary/aromatic N) is 3. The fourth-order valence-electron chi connectivity index (χ4n) is 3.13. The fourth-order valence-corrected chi connectivity index (χ4v) is 3.13. The van der Waals surface area contributed by atoms with Crippen molar-refractivity contribution >= 4 is 6.03 Å². The molecule has 2 amide bonds. The van der Waals surface area contributed by atoms with E-state index in [9.17, 15) is 4.79 Å². The van der Waals surface area contributed by atoms with Gasteiger partial charge in [-0.2, -0.15) is 5.10 Å². The Bertz CT molecular complexity index is 950. The molecule has 6 heteroatoms. The molecule has 146 valence electrons. The highest BCUT2D eigenvalue weighted by Crippen LogP contribution is 2.19. The lowest BCUT2D eigenvalue weighted by Crippen LogP contribution is -2.36. The van der Waals surface area contributed by atoms with Crippen LogP contribution >= 0.6 is 0 Å². The molecule has 0 aliphatic carbocycles. The van der Waals surface area contributed by atoms with Crippen molar-refractivity contribution in [2.75, 3.05) is 14.2 Å². The van der Waals surface area contributed by atoms with Crippen molar-refractivity contribution in [2.24, 2.45) is 0 Å².